The normalized spacial score (nSPS) is 19.8. The minimum atomic E-state index is -0.959. The van der Waals surface area contributed by atoms with E-state index in [-0.39, 0.29) is 18.5 Å². The minimum Gasteiger partial charge on any atom is -0.347 e. The van der Waals surface area contributed by atoms with Gasteiger partial charge in [0, 0.05) is 5.02 Å². The Bertz CT molecular complexity index is 901. The standard InChI is InChI=1S/C22H24ClN3O3/c1-3-22(2)20(28)26(21(29)25-22)14-19(27)24-18(16-7-5-4-6-8-16)13-15-9-11-17(23)12-10-15/h4-12,18H,3,13-14H2,1-2H3,(H,24,27)(H,25,29)/t18-,22-/m0/s1. The predicted molar refractivity (Wildman–Crippen MR) is 111 cm³/mol. The maximum Gasteiger partial charge on any atom is 0.325 e. The summed E-state index contributed by atoms with van der Waals surface area (Å²) in [5, 5.41) is 6.27. The van der Waals surface area contributed by atoms with Crippen LogP contribution in [0.3, 0.4) is 0 Å². The van der Waals surface area contributed by atoms with Gasteiger partial charge in [-0.2, -0.15) is 0 Å². The van der Waals surface area contributed by atoms with Crippen molar-refractivity contribution < 1.29 is 14.4 Å². The van der Waals surface area contributed by atoms with Gasteiger partial charge in [0.05, 0.1) is 6.04 Å². The molecule has 0 spiro atoms. The van der Waals surface area contributed by atoms with E-state index < -0.39 is 17.5 Å². The molecular weight excluding hydrogens is 390 g/mol. The summed E-state index contributed by atoms with van der Waals surface area (Å²) in [5.41, 5.74) is 0.989. The number of rotatable bonds is 7. The number of nitrogens with one attached hydrogen (secondary N) is 2. The van der Waals surface area contributed by atoms with Gasteiger partial charge >= 0.3 is 6.03 Å². The number of urea groups is 1. The average molecular weight is 414 g/mol. The van der Waals surface area contributed by atoms with Crippen LogP contribution in [0.5, 0.6) is 0 Å². The van der Waals surface area contributed by atoms with Crippen LogP contribution < -0.4 is 10.6 Å². The molecule has 0 radical (unpaired) electrons. The van der Waals surface area contributed by atoms with Crippen LogP contribution in [0.15, 0.2) is 54.6 Å². The first kappa shape index (κ1) is 20.9. The number of carbonyl (C=O) groups excluding carboxylic acids is 3. The van der Waals surface area contributed by atoms with Crippen molar-refractivity contribution in [2.45, 2.75) is 38.3 Å². The van der Waals surface area contributed by atoms with Crippen molar-refractivity contribution in [1.82, 2.24) is 15.5 Å². The second kappa shape index (κ2) is 8.66. The van der Waals surface area contributed by atoms with E-state index in [9.17, 15) is 14.4 Å². The Kier molecular flexibility index (Phi) is 6.23. The molecule has 1 aliphatic heterocycles. The van der Waals surface area contributed by atoms with E-state index in [2.05, 4.69) is 10.6 Å². The van der Waals surface area contributed by atoms with Crippen molar-refractivity contribution >= 4 is 29.4 Å². The molecule has 0 bridgehead atoms. The lowest BCUT2D eigenvalue weighted by Gasteiger charge is -2.22. The number of imide groups is 1. The highest BCUT2D eigenvalue weighted by Crippen LogP contribution is 2.22. The van der Waals surface area contributed by atoms with Crippen LogP contribution in [0.2, 0.25) is 5.02 Å². The minimum absolute atomic E-state index is 0.303. The third kappa shape index (κ3) is 4.77. The first-order valence-corrected chi connectivity index (χ1v) is 9.93. The van der Waals surface area contributed by atoms with E-state index in [1.165, 1.54) is 0 Å². The fourth-order valence-electron chi connectivity index (χ4n) is 3.31. The molecule has 29 heavy (non-hydrogen) atoms. The van der Waals surface area contributed by atoms with Gasteiger partial charge in [-0.05, 0) is 43.0 Å². The van der Waals surface area contributed by atoms with Gasteiger partial charge in [0.25, 0.3) is 5.91 Å². The molecule has 0 aliphatic carbocycles. The molecule has 2 aromatic rings. The summed E-state index contributed by atoms with van der Waals surface area (Å²) >= 11 is 5.96. The Balaban J connectivity index is 1.74. The van der Waals surface area contributed by atoms with Crippen molar-refractivity contribution in [1.29, 1.82) is 0 Å². The predicted octanol–water partition coefficient (Wildman–Crippen LogP) is 3.46. The van der Waals surface area contributed by atoms with Crippen LogP contribution >= 0.6 is 11.6 Å². The first-order chi connectivity index (χ1) is 13.8. The third-order valence-corrected chi connectivity index (χ3v) is 5.50. The Morgan fingerprint density at radius 2 is 1.79 bits per heavy atom. The van der Waals surface area contributed by atoms with Crippen LogP contribution in [-0.4, -0.2) is 34.8 Å². The second-order valence-electron chi connectivity index (χ2n) is 7.37. The summed E-state index contributed by atoms with van der Waals surface area (Å²) < 4.78 is 0. The van der Waals surface area contributed by atoms with Crippen molar-refractivity contribution in [3.63, 3.8) is 0 Å². The highest BCUT2D eigenvalue weighted by Gasteiger charge is 2.47. The molecule has 1 aliphatic rings. The lowest BCUT2D eigenvalue weighted by molar-refractivity contribution is -0.134. The van der Waals surface area contributed by atoms with Gasteiger partial charge in [-0.25, -0.2) is 4.79 Å². The van der Waals surface area contributed by atoms with Gasteiger partial charge in [0.2, 0.25) is 5.91 Å². The highest BCUT2D eigenvalue weighted by molar-refractivity contribution is 6.30. The molecule has 1 fully saturated rings. The smallest absolute Gasteiger partial charge is 0.325 e. The summed E-state index contributed by atoms with van der Waals surface area (Å²) in [6, 6.07) is 16.2. The van der Waals surface area contributed by atoms with Crippen LogP contribution in [0, 0.1) is 0 Å². The largest absolute Gasteiger partial charge is 0.347 e. The van der Waals surface area contributed by atoms with Gasteiger partial charge < -0.3 is 10.6 Å². The molecule has 0 unspecified atom stereocenters. The van der Waals surface area contributed by atoms with E-state index in [1.807, 2.05) is 49.4 Å². The van der Waals surface area contributed by atoms with E-state index in [1.54, 1.807) is 19.1 Å². The molecule has 2 aromatic carbocycles. The first-order valence-electron chi connectivity index (χ1n) is 9.55. The summed E-state index contributed by atoms with van der Waals surface area (Å²) in [7, 11) is 0. The summed E-state index contributed by atoms with van der Waals surface area (Å²) in [6.07, 6.45) is 1.01. The maximum absolute atomic E-state index is 12.7. The number of benzene rings is 2. The Labute approximate surface area is 175 Å². The molecule has 3 rings (SSSR count). The maximum atomic E-state index is 12.7. The molecule has 6 nitrogen and oxygen atoms in total. The number of amides is 4. The third-order valence-electron chi connectivity index (χ3n) is 5.24. The SMILES string of the molecule is CC[C@]1(C)NC(=O)N(CC(=O)N[C@@H](Cc2ccc(Cl)cc2)c2ccccc2)C1=O. The van der Waals surface area contributed by atoms with Gasteiger partial charge in [-0.3, -0.25) is 14.5 Å². The van der Waals surface area contributed by atoms with Gasteiger partial charge in [0.1, 0.15) is 12.1 Å². The van der Waals surface area contributed by atoms with Gasteiger partial charge in [0.15, 0.2) is 0 Å². The lowest BCUT2D eigenvalue weighted by Crippen LogP contribution is -2.45. The second-order valence-corrected chi connectivity index (χ2v) is 7.80. The number of hydrogen-bond acceptors (Lipinski definition) is 3. The summed E-state index contributed by atoms with van der Waals surface area (Å²) in [4.78, 5) is 38.4. The molecule has 2 atom stereocenters. The number of nitrogens with zero attached hydrogens (tertiary/aromatic N) is 1. The molecule has 0 saturated carbocycles. The number of halogens is 1. The molecule has 1 heterocycles. The topological polar surface area (TPSA) is 78.5 Å². The fraction of sp³-hybridized carbons (Fsp3) is 0.318. The van der Waals surface area contributed by atoms with Gasteiger partial charge in [-0.15, -0.1) is 0 Å². The van der Waals surface area contributed by atoms with Gasteiger partial charge in [-0.1, -0.05) is 61.0 Å². The zero-order chi connectivity index (χ0) is 21.0. The lowest BCUT2D eigenvalue weighted by atomic mass is 9.98. The molecule has 2 N–H and O–H groups in total. The van der Waals surface area contributed by atoms with E-state index in [0.29, 0.717) is 17.9 Å². The van der Waals surface area contributed by atoms with Crippen LogP contribution in [0.1, 0.15) is 37.4 Å². The van der Waals surface area contributed by atoms with E-state index in [4.69, 9.17) is 11.6 Å². The Hall–Kier alpha value is -2.86. The Morgan fingerprint density at radius 3 is 2.38 bits per heavy atom. The Morgan fingerprint density at radius 1 is 1.14 bits per heavy atom. The van der Waals surface area contributed by atoms with E-state index in [0.717, 1.165) is 16.0 Å². The van der Waals surface area contributed by atoms with Crippen molar-refractivity contribution in [3.05, 3.63) is 70.7 Å². The molecule has 1 saturated heterocycles. The molecule has 7 heteroatoms. The van der Waals surface area contributed by atoms with Crippen LogP contribution in [0.25, 0.3) is 0 Å². The molecule has 152 valence electrons. The molecule has 0 aromatic heterocycles. The fourth-order valence-corrected chi connectivity index (χ4v) is 3.43. The monoisotopic (exact) mass is 413 g/mol. The van der Waals surface area contributed by atoms with Crippen LogP contribution in [-0.2, 0) is 16.0 Å². The number of carbonyl (C=O) groups is 3. The van der Waals surface area contributed by atoms with Crippen molar-refractivity contribution in [2.24, 2.45) is 0 Å². The summed E-state index contributed by atoms with van der Waals surface area (Å²) in [5.74, 6) is -0.772. The van der Waals surface area contributed by atoms with Crippen LogP contribution in [0.4, 0.5) is 4.79 Å². The van der Waals surface area contributed by atoms with E-state index >= 15 is 0 Å². The molecular formula is C22H24ClN3O3. The zero-order valence-electron chi connectivity index (χ0n) is 16.4. The number of hydrogen-bond donors (Lipinski definition) is 2. The van der Waals surface area contributed by atoms with Crippen molar-refractivity contribution in [2.75, 3.05) is 6.54 Å². The molecule has 4 amide bonds. The van der Waals surface area contributed by atoms with Crippen molar-refractivity contribution in [3.8, 4) is 0 Å². The zero-order valence-corrected chi connectivity index (χ0v) is 17.2. The highest BCUT2D eigenvalue weighted by atomic mass is 35.5. The quantitative estimate of drug-likeness (QED) is 0.682. The average Bonchev–Trinajstić information content (AvgIpc) is 2.93. The summed E-state index contributed by atoms with van der Waals surface area (Å²) in [6.45, 7) is 3.17.